The third kappa shape index (κ3) is 7.60. The molecule has 0 bridgehead atoms. The Morgan fingerprint density at radius 1 is 1.19 bits per heavy atom. The zero-order chi connectivity index (χ0) is 19.6. The summed E-state index contributed by atoms with van der Waals surface area (Å²) in [5, 5.41) is 3.25. The van der Waals surface area contributed by atoms with Crippen LogP contribution in [0.5, 0.6) is 0 Å². The van der Waals surface area contributed by atoms with E-state index in [0.29, 0.717) is 31.7 Å². The molecule has 2 rings (SSSR count). The number of nitrogens with zero attached hydrogens (tertiary/aromatic N) is 2. The second-order valence-electron chi connectivity index (χ2n) is 6.95. The minimum Gasteiger partial charge on any atom is -0.379 e. The lowest BCUT2D eigenvalue weighted by molar-refractivity contribution is -0.131. The lowest BCUT2D eigenvalue weighted by atomic mass is 10.2. The number of amides is 2. The summed E-state index contributed by atoms with van der Waals surface area (Å²) >= 11 is 3.39. The average molecular weight is 440 g/mol. The first-order chi connectivity index (χ1) is 13.0. The highest BCUT2D eigenvalue weighted by Crippen LogP contribution is 2.13. The molecule has 6 nitrogen and oxygen atoms in total. The molecule has 7 heteroatoms. The van der Waals surface area contributed by atoms with E-state index in [2.05, 4.69) is 21.2 Å². The van der Waals surface area contributed by atoms with Gasteiger partial charge in [0, 0.05) is 62.3 Å². The van der Waals surface area contributed by atoms with E-state index in [1.807, 2.05) is 43.0 Å². The highest BCUT2D eigenvalue weighted by atomic mass is 79.9. The van der Waals surface area contributed by atoms with Crippen molar-refractivity contribution in [3.05, 3.63) is 34.3 Å². The highest BCUT2D eigenvalue weighted by molar-refractivity contribution is 9.10. The fourth-order valence-corrected chi connectivity index (χ4v) is 3.23. The summed E-state index contributed by atoms with van der Waals surface area (Å²) in [5.74, 6) is 0.0729. The van der Waals surface area contributed by atoms with Gasteiger partial charge in [-0.3, -0.25) is 9.59 Å². The molecular formula is C20H30BrN3O3. The molecule has 0 aromatic heterocycles. The lowest BCUT2D eigenvalue weighted by Crippen LogP contribution is -2.47. The lowest BCUT2D eigenvalue weighted by Gasteiger charge is -2.29. The Hall–Kier alpha value is -1.44. The third-order valence-corrected chi connectivity index (χ3v) is 5.00. The first-order valence-corrected chi connectivity index (χ1v) is 10.4. The zero-order valence-electron chi connectivity index (χ0n) is 16.2. The number of carbonyl (C=O) groups excluding carboxylic acids is 2. The number of benzene rings is 1. The molecule has 0 aliphatic carbocycles. The van der Waals surface area contributed by atoms with Gasteiger partial charge in [-0.05, 0) is 44.5 Å². The number of rotatable bonds is 9. The Bertz CT molecular complexity index is 601. The predicted octanol–water partition coefficient (Wildman–Crippen LogP) is 2.53. The van der Waals surface area contributed by atoms with Crippen LogP contribution in [-0.2, 0) is 9.53 Å². The topological polar surface area (TPSA) is 61.9 Å². The molecule has 1 aromatic carbocycles. The molecule has 0 radical (unpaired) electrons. The number of halogens is 1. The summed E-state index contributed by atoms with van der Waals surface area (Å²) in [5.41, 5.74) is 0.637. The molecular weight excluding hydrogens is 410 g/mol. The van der Waals surface area contributed by atoms with Crippen LogP contribution in [0.1, 0.15) is 37.0 Å². The van der Waals surface area contributed by atoms with Crippen LogP contribution in [-0.4, -0.2) is 73.6 Å². The van der Waals surface area contributed by atoms with Crippen molar-refractivity contribution < 1.29 is 14.3 Å². The molecule has 27 heavy (non-hydrogen) atoms. The molecule has 150 valence electrons. The number of ether oxygens (including phenoxy) is 1. The monoisotopic (exact) mass is 439 g/mol. The van der Waals surface area contributed by atoms with Gasteiger partial charge < -0.3 is 19.9 Å². The SMILES string of the molecule is CC(C)OCCCN(CCC(=O)N1CCNCC1)C(=O)c1ccc(Br)cc1. The predicted molar refractivity (Wildman–Crippen MR) is 110 cm³/mol. The first kappa shape index (κ1) is 21.9. The van der Waals surface area contributed by atoms with Crippen LogP contribution in [0, 0.1) is 0 Å². The molecule has 2 amide bonds. The van der Waals surface area contributed by atoms with Crippen molar-refractivity contribution in [3.8, 4) is 0 Å². The highest BCUT2D eigenvalue weighted by Gasteiger charge is 2.20. The van der Waals surface area contributed by atoms with Crippen LogP contribution in [0.4, 0.5) is 0 Å². The van der Waals surface area contributed by atoms with E-state index in [9.17, 15) is 9.59 Å². The van der Waals surface area contributed by atoms with E-state index in [-0.39, 0.29) is 17.9 Å². The van der Waals surface area contributed by atoms with Crippen molar-refractivity contribution >= 4 is 27.7 Å². The number of hydrogen-bond donors (Lipinski definition) is 1. The van der Waals surface area contributed by atoms with Crippen LogP contribution >= 0.6 is 15.9 Å². The second kappa shape index (κ2) is 11.4. The van der Waals surface area contributed by atoms with E-state index in [1.165, 1.54) is 0 Å². The standard InChI is InChI=1S/C20H30BrN3O3/c1-16(2)27-15-3-11-24(20(26)17-4-6-18(21)7-5-17)12-8-19(25)23-13-9-22-10-14-23/h4-7,16,22H,3,8-15H2,1-2H3. The van der Waals surface area contributed by atoms with Gasteiger partial charge >= 0.3 is 0 Å². The Kier molecular flexibility index (Phi) is 9.24. The molecule has 1 N–H and O–H groups in total. The van der Waals surface area contributed by atoms with Crippen LogP contribution in [0.25, 0.3) is 0 Å². The second-order valence-corrected chi connectivity index (χ2v) is 7.87. The van der Waals surface area contributed by atoms with E-state index in [1.54, 1.807) is 4.90 Å². The van der Waals surface area contributed by atoms with Gasteiger partial charge in [-0.15, -0.1) is 0 Å². The fourth-order valence-electron chi connectivity index (χ4n) is 2.97. The zero-order valence-corrected chi connectivity index (χ0v) is 17.8. The maximum atomic E-state index is 12.9. The van der Waals surface area contributed by atoms with E-state index in [0.717, 1.165) is 37.1 Å². The number of hydrogen-bond acceptors (Lipinski definition) is 4. The largest absolute Gasteiger partial charge is 0.379 e. The summed E-state index contributed by atoms with van der Waals surface area (Å²) in [6, 6.07) is 7.34. The number of piperazine rings is 1. The number of carbonyl (C=O) groups is 2. The van der Waals surface area contributed by atoms with Gasteiger partial charge in [-0.1, -0.05) is 15.9 Å². The molecule has 1 aliphatic rings. The fraction of sp³-hybridized carbons (Fsp3) is 0.600. The maximum absolute atomic E-state index is 12.9. The Balaban J connectivity index is 1.94. The third-order valence-electron chi connectivity index (χ3n) is 4.47. The minimum atomic E-state index is -0.0415. The van der Waals surface area contributed by atoms with Crippen LogP contribution in [0.2, 0.25) is 0 Å². The van der Waals surface area contributed by atoms with Crippen LogP contribution in [0.3, 0.4) is 0 Å². The molecule has 1 heterocycles. The molecule has 0 saturated carbocycles. The van der Waals surface area contributed by atoms with Gasteiger partial charge in [0.2, 0.25) is 5.91 Å². The van der Waals surface area contributed by atoms with Gasteiger partial charge in [0.05, 0.1) is 6.10 Å². The van der Waals surface area contributed by atoms with E-state index < -0.39 is 0 Å². The van der Waals surface area contributed by atoms with Gasteiger partial charge in [-0.2, -0.15) is 0 Å². The smallest absolute Gasteiger partial charge is 0.253 e. The van der Waals surface area contributed by atoms with Crippen LogP contribution in [0.15, 0.2) is 28.7 Å². The number of nitrogens with one attached hydrogen (secondary N) is 1. The van der Waals surface area contributed by atoms with Gasteiger partial charge in [0.15, 0.2) is 0 Å². The van der Waals surface area contributed by atoms with E-state index >= 15 is 0 Å². The Labute approximate surface area is 170 Å². The molecule has 1 fully saturated rings. The molecule has 1 saturated heterocycles. The minimum absolute atomic E-state index is 0.0415. The van der Waals surface area contributed by atoms with Gasteiger partial charge in [-0.25, -0.2) is 0 Å². The Morgan fingerprint density at radius 3 is 2.48 bits per heavy atom. The molecule has 0 atom stereocenters. The quantitative estimate of drug-likeness (QED) is 0.600. The van der Waals surface area contributed by atoms with Crippen molar-refractivity contribution in [3.63, 3.8) is 0 Å². The van der Waals surface area contributed by atoms with E-state index in [4.69, 9.17) is 4.74 Å². The van der Waals surface area contributed by atoms with Crippen molar-refractivity contribution in [2.75, 3.05) is 45.9 Å². The average Bonchev–Trinajstić information content (AvgIpc) is 2.67. The molecule has 1 aromatic rings. The maximum Gasteiger partial charge on any atom is 0.253 e. The van der Waals surface area contributed by atoms with Crippen molar-refractivity contribution in [1.82, 2.24) is 15.1 Å². The Morgan fingerprint density at radius 2 is 1.85 bits per heavy atom. The summed E-state index contributed by atoms with van der Waals surface area (Å²) in [6.45, 7) is 8.75. The molecule has 0 unspecified atom stereocenters. The molecule has 1 aliphatic heterocycles. The van der Waals surface area contributed by atoms with Gasteiger partial charge in [0.1, 0.15) is 0 Å². The first-order valence-electron chi connectivity index (χ1n) is 9.62. The summed E-state index contributed by atoms with van der Waals surface area (Å²) in [6.07, 6.45) is 1.28. The van der Waals surface area contributed by atoms with Gasteiger partial charge in [0.25, 0.3) is 5.91 Å². The van der Waals surface area contributed by atoms with Crippen molar-refractivity contribution in [2.45, 2.75) is 32.8 Å². The van der Waals surface area contributed by atoms with Crippen molar-refractivity contribution in [2.24, 2.45) is 0 Å². The summed E-state index contributed by atoms with van der Waals surface area (Å²) < 4.78 is 6.52. The summed E-state index contributed by atoms with van der Waals surface area (Å²) in [4.78, 5) is 29.0. The van der Waals surface area contributed by atoms with Crippen molar-refractivity contribution in [1.29, 1.82) is 0 Å². The van der Waals surface area contributed by atoms with Crippen LogP contribution < -0.4 is 5.32 Å². The normalized spacial score (nSPS) is 14.4. The molecule has 0 spiro atoms. The summed E-state index contributed by atoms with van der Waals surface area (Å²) in [7, 11) is 0.